The van der Waals surface area contributed by atoms with Gasteiger partial charge in [-0.05, 0) is 42.3 Å². The van der Waals surface area contributed by atoms with E-state index in [4.69, 9.17) is 24.7 Å². The van der Waals surface area contributed by atoms with Crippen molar-refractivity contribution in [1.82, 2.24) is 4.72 Å². The Morgan fingerprint density at radius 2 is 1.52 bits per heavy atom. The van der Waals surface area contributed by atoms with Gasteiger partial charge in [0.05, 0.1) is 38.9 Å². The van der Waals surface area contributed by atoms with Crippen LogP contribution in [0.2, 0.25) is 0 Å². The molecule has 0 radical (unpaired) electrons. The number of sulfonamides is 1. The molecule has 29 heavy (non-hydrogen) atoms. The van der Waals surface area contributed by atoms with Gasteiger partial charge in [-0.1, -0.05) is 0 Å². The maximum atomic E-state index is 12.6. The third-order valence-electron chi connectivity index (χ3n) is 4.18. The maximum Gasteiger partial charge on any atom is 0.252 e. The lowest BCUT2D eigenvalue weighted by molar-refractivity contribution is 0.0997. The summed E-state index contributed by atoms with van der Waals surface area (Å²) in [6, 6.07) is 7.40. The Bertz CT molecular complexity index is 965. The van der Waals surface area contributed by atoms with Gasteiger partial charge in [0.15, 0.2) is 11.5 Å². The fourth-order valence-corrected chi connectivity index (χ4v) is 3.80. The van der Waals surface area contributed by atoms with E-state index in [2.05, 4.69) is 4.72 Å². The minimum atomic E-state index is -3.86. The van der Waals surface area contributed by atoms with Crippen LogP contribution in [0.15, 0.2) is 35.2 Å². The first kappa shape index (κ1) is 22.3. The molecule has 0 aliphatic carbocycles. The molecule has 2 rings (SSSR count). The number of primary amides is 1. The van der Waals surface area contributed by atoms with Gasteiger partial charge >= 0.3 is 0 Å². The third-order valence-corrected chi connectivity index (χ3v) is 5.64. The van der Waals surface area contributed by atoms with E-state index < -0.39 is 15.9 Å². The number of carbonyl (C=O) groups excluding carboxylic acids is 1. The molecule has 0 bridgehead atoms. The van der Waals surface area contributed by atoms with Crippen LogP contribution in [0.1, 0.15) is 15.9 Å². The Morgan fingerprint density at radius 3 is 2.00 bits per heavy atom. The first-order valence-corrected chi connectivity index (χ1v) is 10.0. The quantitative estimate of drug-likeness (QED) is 0.589. The molecule has 1 amide bonds. The molecule has 0 atom stereocenters. The maximum absolute atomic E-state index is 12.6. The molecule has 0 saturated carbocycles. The number of amides is 1. The molecule has 0 spiro atoms. The molecule has 0 saturated heterocycles. The van der Waals surface area contributed by atoms with Gasteiger partial charge in [-0.3, -0.25) is 4.79 Å². The largest absolute Gasteiger partial charge is 0.496 e. The second-order valence-electron chi connectivity index (χ2n) is 5.91. The second-order valence-corrected chi connectivity index (χ2v) is 7.67. The summed E-state index contributed by atoms with van der Waals surface area (Å²) in [6.45, 7) is 0.110. The van der Waals surface area contributed by atoms with Gasteiger partial charge in [-0.2, -0.15) is 0 Å². The summed E-state index contributed by atoms with van der Waals surface area (Å²) >= 11 is 0. The SMILES string of the molecule is COc1ccc(S(=O)(=O)NCCc2cc(OC)c(OC)c(OC)c2)cc1C(N)=O. The molecule has 2 aromatic carbocycles. The van der Waals surface area contributed by atoms with Gasteiger partial charge in [-0.25, -0.2) is 13.1 Å². The zero-order chi connectivity index (χ0) is 21.6. The van der Waals surface area contributed by atoms with Crippen LogP contribution in [-0.4, -0.2) is 49.3 Å². The van der Waals surface area contributed by atoms with E-state index in [1.165, 1.54) is 46.6 Å². The Kier molecular flexibility index (Phi) is 7.29. The van der Waals surface area contributed by atoms with Gasteiger partial charge in [0.1, 0.15) is 5.75 Å². The van der Waals surface area contributed by atoms with Crippen LogP contribution in [0, 0.1) is 0 Å². The number of methoxy groups -OCH3 is 4. The van der Waals surface area contributed by atoms with Gasteiger partial charge < -0.3 is 24.7 Å². The molecule has 0 unspecified atom stereocenters. The van der Waals surface area contributed by atoms with Crippen molar-refractivity contribution in [2.24, 2.45) is 5.73 Å². The van der Waals surface area contributed by atoms with Crippen LogP contribution in [0.3, 0.4) is 0 Å². The summed E-state index contributed by atoms with van der Waals surface area (Å²) in [5.41, 5.74) is 6.06. The standard InChI is InChI=1S/C19H24N2O7S/c1-25-15-6-5-13(11-14(15)19(20)22)29(23,24)21-8-7-12-9-16(26-2)18(28-4)17(10-12)27-3/h5-6,9-11,21H,7-8H2,1-4H3,(H2,20,22). The summed E-state index contributed by atoms with van der Waals surface area (Å²) < 4.78 is 48.5. The molecule has 10 heteroatoms. The van der Waals surface area contributed by atoms with E-state index in [0.29, 0.717) is 23.7 Å². The lowest BCUT2D eigenvalue weighted by Crippen LogP contribution is -2.26. The van der Waals surface area contributed by atoms with Crippen LogP contribution in [0.5, 0.6) is 23.0 Å². The van der Waals surface area contributed by atoms with Crippen LogP contribution in [-0.2, 0) is 16.4 Å². The number of ether oxygens (including phenoxy) is 4. The van der Waals surface area contributed by atoms with Crippen LogP contribution in [0.25, 0.3) is 0 Å². The number of hydrogen-bond acceptors (Lipinski definition) is 7. The molecule has 0 aromatic heterocycles. The first-order valence-electron chi connectivity index (χ1n) is 8.53. The monoisotopic (exact) mass is 424 g/mol. The molecule has 2 aromatic rings. The molecule has 3 N–H and O–H groups in total. The number of nitrogens with one attached hydrogen (secondary N) is 1. The normalized spacial score (nSPS) is 11.0. The van der Waals surface area contributed by atoms with E-state index >= 15 is 0 Å². The van der Waals surface area contributed by atoms with Gasteiger partial charge in [0.25, 0.3) is 5.91 Å². The van der Waals surface area contributed by atoms with Crippen molar-refractivity contribution >= 4 is 15.9 Å². The molecule has 0 fully saturated rings. The fraction of sp³-hybridized carbons (Fsp3) is 0.316. The van der Waals surface area contributed by atoms with Crippen molar-refractivity contribution in [2.75, 3.05) is 35.0 Å². The lowest BCUT2D eigenvalue weighted by Gasteiger charge is -2.14. The summed E-state index contributed by atoms with van der Waals surface area (Å²) in [7, 11) is 2.02. The fourth-order valence-electron chi connectivity index (χ4n) is 2.74. The Hall–Kier alpha value is -2.98. The highest BCUT2D eigenvalue weighted by Crippen LogP contribution is 2.38. The van der Waals surface area contributed by atoms with Crippen LogP contribution < -0.4 is 29.4 Å². The van der Waals surface area contributed by atoms with E-state index in [1.54, 1.807) is 12.1 Å². The average molecular weight is 424 g/mol. The zero-order valence-electron chi connectivity index (χ0n) is 16.6. The molecule has 158 valence electrons. The lowest BCUT2D eigenvalue weighted by atomic mass is 10.1. The second kappa shape index (κ2) is 9.48. The van der Waals surface area contributed by atoms with Gasteiger partial charge in [0, 0.05) is 6.54 Å². The summed E-state index contributed by atoms with van der Waals surface area (Å²) in [5, 5.41) is 0. The highest BCUT2D eigenvalue weighted by molar-refractivity contribution is 7.89. The molecule has 0 heterocycles. The summed E-state index contributed by atoms with van der Waals surface area (Å²) in [4.78, 5) is 11.4. The van der Waals surface area contributed by atoms with Crippen LogP contribution in [0.4, 0.5) is 0 Å². The van der Waals surface area contributed by atoms with Gasteiger partial charge in [-0.15, -0.1) is 0 Å². The summed E-state index contributed by atoms with van der Waals surface area (Å²) in [6.07, 6.45) is 0.370. The van der Waals surface area contributed by atoms with Crippen molar-refractivity contribution in [2.45, 2.75) is 11.3 Å². The molecule has 0 aliphatic heterocycles. The van der Waals surface area contributed by atoms with E-state index in [0.717, 1.165) is 5.56 Å². The number of benzene rings is 2. The Balaban J connectivity index is 2.18. The third kappa shape index (κ3) is 5.09. The zero-order valence-corrected chi connectivity index (χ0v) is 17.5. The minimum Gasteiger partial charge on any atom is -0.496 e. The van der Waals surface area contributed by atoms with Gasteiger partial charge in [0.2, 0.25) is 15.8 Å². The number of rotatable bonds is 10. The molecule has 0 aliphatic rings. The highest BCUT2D eigenvalue weighted by Gasteiger charge is 2.19. The predicted octanol–water partition coefficient (Wildman–Crippen LogP) is 1.34. The van der Waals surface area contributed by atoms with Crippen molar-refractivity contribution < 1.29 is 32.2 Å². The first-order chi connectivity index (χ1) is 13.8. The van der Waals surface area contributed by atoms with E-state index in [-0.39, 0.29) is 22.8 Å². The minimum absolute atomic E-state index is 0.0139. The predicted molar refractivity (Wildman–Crippen MR) is 107 cm³/mol. The van der Waals surface area contributed by atoms with E-state index in [1.807, 2.05) is 0 Å². The summed E-state index contributed by atoms with van der Waals surface area (Å²) in [5.74, 6) is 0.832. The average Bonchev–Trinajstić information content (AvgIpc) is 2.72. The van der Waals surface area contributed by atoms with E-state index in [9.17, 15) is 13.2 Å². The Labute approximate surface area is 169 Å². The Morgan fingerprint density at radius 1 is 0.931 bits per heavy atom. The number of nitrogens with two attached hydrogens (primary N) is 1. The van der Waals surface area contributed by atoms with Crippen molar-refractivity contribution in [3.05, 3.63) is 41.5 Å². The topological polar surface area (TPSA) is 126 Å². The highest BCUT2D eigenvalue weighted by atomic mass is 32.2. The van der Waals surface area contributed by atoms with Crippen molar-refractivity contribution in [3.63, 3.8) is 0 Å². The molecular weight excluding hydrogens is 400 g/mol. The van der Waals surface area contributed by atoms with Crippen molar-refractivity contribution in [1.29, 1.82) is 0 Å². The molecular formula is C19H24N2O7S. The molecule has 9 nitrogen and oxygen atoms in total. The van der Waals surface area contributed by atoms with Crippen LogP contribution >= 0.6 is 0 Å². The number of carbonyl (C=O) groups is 1. The smallest absolute Gasteiger partial charge is 0.252 e. The van der Waals surface area contributed by atoms with Crippen molar-refractivity contribution in [3.8, 4) is 23.0 Å². The number of hydrogen-bond donors (Lipinski definition) is 2.